The van der Waals surface area contributed by atoms with E-state index in [1.165, 1.54) is 11.8 Å². The van der Waals surface area contributed by atoms with Crippen LogP contribution in [0, 0.1) is 0 Å². The Labute approximate surface area is 82.8 Å². The van der Waals surface area contributed by atoms with E-state index < -0.39 is 0 Å². The Bertz CT molecular complexity index is 363. The number of amides is 1. The van der Waals surface area contributed by atoms with Gasteiger partial charge in [0.2, 0.25) is 5.91 Å². The molecule has 14 heavy (non-hydrogen) atoms. The predicted octanol–water partition coefficient (Wildman–Crippen LogP) is 0.532. The summed E-state index contributed by atoms with van der Waals surface area (Å²) in [5.74, 6) is 0.454. The maximum absolute atomic E-state index is 11.2. The Morgan fingerprint density at radius 3 is 2.93 bits per heavy atom. The van der Waals surface area contributed by atoms with Gasteiger partial charge in [-0.2, -0.15) is 5.10 Å². The van der Waals surface area contributed by atoms with Crippen molar-refractivity contribution in [2.45, 2.75) is 5.92 Å². The zero-order valence-corrected chi connectivity index (χ0v) is 8.18. The van der Waals surface area contributed by atoms with Crippen molar-refractivity contribution in [3.05, 3.63) is 30.6 Å². The van der Waals surface area contributed by atoms with Gasteiger partial charge in [-0.25, -0.2) is 0 Å². The molecule has 0 N–H and O–H groups in total. The Morgan fingerprint density at radius 2 is 2.43 bits per heavy atom. The number of nitrogens with zero attached hydrogens (tertiary/aromatic N) is 3. The van der Waals surface area contributed by atoms with Crippen LogP contribution in [0.1, 0.15) is 11.6 Å². The first-order valence-electron chi connectivity index (χ1n) is 4.61. The van der Waals surface area contributed by atoms with Crippen molar-refractivity contribution in [3.8, 4) is 0 Å². The minimum Gasteiger partial charge on any atom is -0.338 e. The third-order valence-electron chi connectivity index (χ3n) is 2.64. The maximum Gasteiger partial charge on any atom is 0.245 e. The lowest BCUT2D eigenvalue weighted by Gasteiger charge is -2.38. The molecule has 1 aliphatic heterocycles. The lowest BCUT2D eigenvalue weighted by atomic mass is 9.96. The van der Waals surface area contributed by atoms with Crippen LogP contribution in [0.15, 0.2) is 24.9 Å². The minimum atomic E-state index is 0.0171. The molecule has 0 spiro atoms. The fourth-order valence-corrected chi connectivity index (χ4v) is 1.76. The molecule has 0 atom stereocenters. The van der Waals surface area contributed by atoms with Crippen LogP contribution in [0.5, 0.6) is 0 Å². The van der Waals surface area contributed by atoms with E-state index in [4.69, 9.17) is 0 Å². The molecule has 74 valence electrons. The van der Waals surface area contributed by atoms with Crippen LogP contribution in [0.2, 0.25) is 0 Å². The lowest BCUT2D eigenvalue weighted by Crippen LogP contribution is -2.48. The summed E-state index contributed by atoms with van der Waals surface area (Å²) in [5.41, 5.74) is 1.19. The standard InChI is InChI=1S/C10H13N3O/c1-3-10(14)13-6-8(7-13)9-4-5-11-12(9)2/h3-5,8H,1,6-7H2,2H3. The highest BCUT2D eigenvalue weighted by Crippen LogP contribution is 2.26. The SMILES string of the molecule is C=CC(=O)N1CC(c2ccnn2C)C1. The van der Waals surface area contributed by atoms with Crippen LogP contribution in [0.25, 0.3) is 0 Å². The van der Waals surface area contributed by atoms with Gasteiger partial charge < -0.3 is 4.90 Å². The van der Waals surface area contributed by atoms with Gasteiger partial charge in [-0.3, -0.25) is 9.48 Å². The van der Waals surface area contributed by atoms with E-state index in [9.17, 15) is 4.79 Å². The average molecular weight is 191 g/mol. The number of hydrogen-bond acceptors (Lipinski definition) is 2. The van der Waals surface area contributed by atoms with Gasteiger partial charge >= 0.3 is 0 Å². The predicted molar refractivity (Wildman–Crippen MR) is 52.7 cm³/mol. The Morgan fingerprint density at radius 1 is 1.71 bits per heavy atom. The molecule has 4 nitrogen and oxygen atoms in total. The van der Waals surface area contributed by atoms with Crippen LogP contribution < -0.4 is 0 Å². The van der Waals surface area contributed by atoms with Crippen LogP contribution in [0.4, 0.5) is 0 Å². The number of aromatic nitrogens is 2. The van der Waals surface area contributed by atoms with Crippen LogP contribution in [-0.2, 0) is 11.8 Å². The number of aryl methyl sites for hydroxylation is 1. The van der Waals surface area contributed by atoms with E-state index in [1.807, 2.05) is 17.8 Å². The van der Waals surface area contributed by atoms with Gasteiger partial charge in [-0.1, -0.05) is 6.58 Å². The van der Waals surface area contributed by atoms with E-state index >= 15 is 0 Å². The Hall–Kier alpha value is -1.58. The molecule has 2 rings (SSSR count). The van der Waals surface area contributed by atoms with Crippen LogP contribution in [-0.4, -0.2) is 33.7 Å². The summed E-state index contributed by atoms with van der Waals surface area (Å²) in [7, 11) is 1.92. The summed E-state index contributed by atoms with van der Waals surface area (Å²) in [6.07, 6.45) is 3.15. The number of carbonyl (C=O) groups is 1. The molecule has 0 saturated carbocycles. The van der Waals surface area contributed by atoms with Gasteiger partial charge in [0.15, 0.2) is 0 Å². The number of likely N-dealkylation sites (tertiary alicyclic amines) is 1. The number of hydrogen-bond donors (Lipinski definition) is 0. The normalized spacial score (nSPS) is 16.5. The van der Waals surface area contributed by atoms with Gasteiger partial charge in [0, 0.05) is 37.9 Å². The molecule has 1 aliphatic rings. The second kappa shape index (κ2) is 3.29. The van der Waals surface area contributed by atoms with Crippen molar-refractivity contribution >= 4 is 5.91 Å². The second-order valence-corrected chi connectivity index (χ2v) is 3.52. The Balaban J connectivity index is 1.98. The van der Waals surface area contributed by atoms with E-state index in [-0.39, 0.29) is 5.91 Å². The number of rotatable bonds is 2. The third kappa shape index (κ3) is 1.32. The Kier molecular flexibility index (Phi) is 2.11. The topological polar surface area (TPSA) is 38.1 Å². The van der Waals surface area contributed by atoms with Crippen molar-refractivity contribution in [1.29, 1.82) is 0 Å². The van der Waals surface area contributed by atoms with E-state index in [0.717, 1.165) is 13.1 Å². The smallest absolute Gasteiger partial charge is 0.245 e. The highest BCUT2D eigenvalue weighted by atomic mass is 16.2. The highest BCUT2D eigenvalue weighted by Gasteiger charge is 2.31. The molecule has 0 aromatic carbocycles. The molecule has 0 bridgehead atoms. The molecule has 4 heteroatoms. The number of carbonyl (C=O) groups excluding carboxylic acids is 1. The molecule has 2 heterocycles. The van der Waals surface area contributed by atoms with Gasteiger partial charge in [-0.15, -0.1) is 0 Å². The average Bonchev–Trinajstić information content (AvgIpc) is 2.49. The molecule has 0 radical (unpaired) electrons. The fraction of sp³-hybridized carbons (Fsp3) is 0.400. The maximum atomic E-state index is 11.2. The summed E-state index contributed by atoms with van der Waals surface area (Å²) in [6.45, 7) is 5.02. The molecule has 0 aliphatic carbocycles. The zero-order valence-electron chi connectivity index (χ0n) is 8.18. The molecule has 1 amide bonds. The van der Waals surface area contributed by atoms with Gasteiger partial charge in [0.25, 0.3) is 0 Å². The van der Waals surface area contributed by atoms with E-state index in [1.54, 1.807) is 11.1 Å². The lowest BCUT2D eigenvalue weighted by molar-refractivity contribution is -0.130. The molecule has 1 aromatic rings. The van der Waals surface area contributed by atoms with Crippen molar-refractivity contribution in [2.24, 2.45) is 7.05 Å². The van der Waals surface area contributed by atoms with Crippen LogP contribution in [0.3, 0.4) is 0 Å². The summed E-state index contributed by atoms with van der Waals surface area (Å²) < 4.78 is 1.86. The quantitative estimate of drug-likeness (QED) is 0.640. The highest BCUT2D eigenvalue weighted by molar-refractivity contribution is 5.87. The van der Waals surface area contributed by atoms with Gasteiger partial charge in [0.1, 0.15) is 0 Å². The van der Waals surface area contributed by atoms with Crippen molar-refractivity contribution < 1.29 is 4.79 Å². The van der Waals surface area contributed by atoms with E-state index in [0.29, 0.717) is 5.92 Å². The summed E-state index contributed by atoms with van der Waals surface area (Å²) in [6, 6.07) is 2.00. The second-order valence-electron chi connectivity index (χ2n) is 3.52. The zero-order chi connectivity index (χ0) is 10.1. The van der Waals surface area contributed by atoms with E-state index in [2.05, 4.69) is 11.7 Å². The minimum absolute atomic E-state index is 0.0171. The molecule has 1 saturated heterocycles. The largest absolute Gasteiger partial charge is 0.338 e. The van der Waals surface area contributed by atoms with Crippen molar-refractivity contribution in [3.63, 3.8) is 0 Å². The molecule has 1 aromatic heterocycles. The first kappa shape index (κ1) is 8.99. The molecule has 0 unspecified atom stereocenters. The van der Waals surface area contributed by atoms with Gasteiger partial charge in [0.05, 0.1) is 0 Å². The fourth-order valence-electron chi connectivity index (χ4n) is 1.76. The van der Waals surface area contributed by atoms with Gasteiger partial charge in [-0.05, 0) is 12.1 Å². The first-order chi connectivity index (χ1) is 6.72. The summed E-state index contributed by atoms with van der Waals surface area (Å²) >= 11 is 0. The monoisotopic (exact) mass is 191 g/mol. The van der Waals surface area contributed by atoms with Crippen molar-refractivity contribution in [1.82, 2.24) is 14.7 Å². The third-order valence-corrected chi connectivity index (χ3v) is 2.64. The van der Waals surface area contributed by atoms with Crippen molar-refractivity contribution in [2.75, 3.05) is 13.1 Å². The first-order valence-corrected chi connectivity index (χ1v) is 4.61. The summed E-state index contributed by atoms with van der Waals surface area (Å²) in [5, 5.41) is 4.10. The molecule has 1 fully saturated rings. The van der Waals surface area contributed by atoms with Crippen LogP contribution >= 0.6 is 0 Å². The summed E-state index contributed by atoms with van der Waals surface area (Å²) in [4.78, 5) is 13.0. The molecular weight excluding hydrogens is 178 g/mol. The molecular formula is C10H13N3O.